The molecule has 0 unspecified atom stereocenters. The zero-order valence-corrected chi connectivity index (χ0v) is 12.2. The molecule has 8 heteroatoms. The second-order valence-corrected chi connectivity index (χ2v) is 5.03. The van der Waals surface area contributed by atoms with E-state index in [1.165, 1.54) is 7.11 Å². The van der Waals surface area contributed by atoms with Crippen LogP contribution in [0.5, 0.6) is 5.75 Å². The number of hydrogen-bond donors (Lipinski definition) is 1. The number of rotatable bonds is 6. The third-order valence-electron chi connectivity index (χ3n) is 2.40. The summed E-state index contributed by atoms with van der Waals surface area (Å²) in [6, 6.07) is 4.89. The number of methoxy groups -OCH3 is 1. The maximum atomic E-state index is 12.4. The summed E-state index contributed by atoms with van der Waals surface area (Å²) < 4.78 is 43.1. The molecule has 0 atom stereocenters. The number of carboxylic acid groups (broad SMARTS) is 1. The van der Waals surface area contributed by atoms with Gasteiger partial charge in [-0.05, 0) is 18.2 Å². The summed E-state index contributed by atoms with van der Waals surface area (Å²) in [7, 11) is 1.40. The molecular formula is C12H13BrF3NO3. The largest absolute Gasteiger partial charge is 0.496 e. The molecule has 0 saturated heterocycles. The highest BCUT2D eigenvalue weighted by Crippen LogP contribution is 2.25. The number of carboxylic acids is 1. The lowest BCUT2D eigenvalue weighted by Gasteiger charge is -2.22. The Morgan fingerprint density at radius 2 is 2.10 bits per heavy atom. The quantitative estimate of drug-likeness (QED) is 0.852. The van der Waals surface area contributed by atoms with Gasteiger partial charge in [0.15, 0.2) is 0 Å². The number of ether oxygens (including phenoxy) is 1. The Morgan fingerprint density at radius 3 is 2.60 bits per heavy atom. The smallest absolute Gasteiger partial charge is 0.401 e. The first kappa shape index (κ1) is 16.8. The second-order valence-electron chi connectivity index (χ2n) is 4.11. The van der Waals surface area contributed by atoms with Crippen molar-refractivity contribution in [1.29, 1.82) is 0 Å². The first-order valence-electron chi connectivity index (χ1n) is 5.54. The molecule has 0 fully saturated rings. The van der Waals surface area contributed by atoms with Crippen molar-refractivity contribution in [3.05, 3.63) is 28.2 Å². The fourth-order valence-electron chi connectivity index (χ4n) is 1.72. The summed E-state index contributed by atoms with van der Waals surface area (Å²) in [6.45, 7) is -2.17. The zero-order chi connectivity index (χ0) is 15.3. The normalized spacial score (nSPS) is 11.7. The molecule has 0 radical (unpaired) electrons. The van der Waals surface area contributed by atoms with Gasteiger partial charge < -0.3 is 9.84 Å². The van der Waals surface area contributed by atoms with Crippen molar-refractivity contribution in [2.75, 3.05) is 20.2 Å². The number of alkyl halides is 3. The Hall–Kier alpha value is -1.28. The van der Waals surface area contributed by atoms with Gasteiger partial charge in [-0.1, -0.05) is 15.9 Å². The molecule has 0 aliphatic carbocycles. The van der Waals surface area contributed by atoms with Crippen molar-refractivity contribution in [2.24, 2.45) is 0 Å². The van der Waals surface area contributed by atoms with Crippen LogP contribution in [0.25, 0.3) is 0 Å². The third-order valence-corrected chi connectivity index (χ3v) is 2.89. The molecule has 0 saturated carbocycles. The molecule has 4 nitrogen and oxygen atoms in total. The fourth-order valence-corrected chi connectivity index (χ4v) is 2.13. The molecule has 0 aliphatic rings. The van der Waals surface area contributed by atoms with Crippen LogP contribution in [-0.4, -0.2) is 42.4 Å². The maximum Gasteiger partial charge on any atom is 0.401 e. The van der Waals surface area contributed by atoms with Gasteiger partial charge in [-0.25, -0.2) is 0 Å². The number of hydrogen-bond acceptors (Lipinski definition) is 3. The van der Waals surface area contributed by atoms with Gasteiger partial charge in [-0.3, -0.25) is 9.69 Å². The van der Waals surface area contributed by atoms with Crippen LogP contribution in [0.1, 0.15) is 5.56 Å². The lowest BCUT2D eigenvalue weighted by molar-refractivity contribution is -0.154. The Labute approximate surface area is 122 Å². The lowest BCUT2D eigenvalue weighted by Crippen LogP contribution is -2.37. The van der Waals surface area contributed by atoms with Crippen LogP contribution in [0.4, 0.5) is 13.2 Å². The van der Waals surface area contributed by atoms with Gasteiger partial charge in [0.1, 0.15) is 5.75 Å². The van der Waals surface area contributed by atoms with Crippen molar-refractivity contribution < 1.29 is 27.8 Å². The van der Waals surface area contributed by atoms with Gasteiger partial charge in [0, 0.05) is 16.6 Å². The summed E-state index contributed by atoms with van der Waals surface area (Å²) in [6.07, 6.45) is -4.46. The Bertz CT molecular complexity index is 480. The summed E-state index contributed by atoms with van der Waals surface area (Å²) in [5.74, 6) is -0.908. The Balaban J connectivity index is 2.93. The maximum absolute atomic E-state index is 12.4. The van der Waals surface area contributed by atoms with Crippen LogP contribution in [0.3, 0.4) is 0 Å². The Morgan fingerprint density at radius 1 is 1.45 bits per heavy atom. The van der Waals surface area contributed by atoms with E-state index in [0.29, 0.717) is 15.8 Å². The van der Waals surface area contributed by atoms with E-state index in [2.05, 4.69) is 15.9 Å². The topological polar surface area (TPSA) is 49.8 Å². The zero-order valence-electron chi connectivity index (χ0n) is 10.6. The SMILES string of the molecule is COc1ccc(Br)cc1CN(CC(=O)O)CC(F)(F)F. The van der Waals surface area contributed by atoms with Gasteiger partial charge in [-0.15, -0.1) is 0 Å². The molecule has 0 heterocycles. The van der Waals surface area contributed by atoms with Gasteiger partial charge in [0.2, 0.25) is 0 Å². The van der Waals surface area contributed by atoms with Crippen LogP contribution < -0.4 is 4.74 Å². The van der Waals surface area contributed by atoms with E-state index in [1.807, 2.05) is 0 Å². The van der Waals surface area contributed by atoms with Crippen molar-refractivity contribution in [1.82, 2.24) is 4.90 Å². The van der Waals surface area contributed by atoms with E-state index in [4.69, 9.17) is 9.84 Å². The van der Waals surface area contributed by atoms with Crippen LogP contribution in [0.2, 0.25) is 0 Å². The molecule has 0 aliphatic heterocycles. The molecule has 0 amide bonds. The number of halogens is 4. The van der Waals surface area contributed by atoms with Gasteiger partial charge >= 0.3 is 12.1 Å². The number of nitrogens with zero attached hydrogens (tertiary/aromatic N) is 1. The van der Waals surface area contributed by atoms with Crippen molar-refractivity contribution in [2.45, 2.75) is 12.7 Å². The summed E-state index contributed by atoms with van der Waals surface area (Å²) >= 11 is 3.22. The number of aliphatic carboxylic acids is 1. The summed E-state index contributed by atoms with van der Waals surface area (Å²) in [5, 5.41) is 8.69. The highest BCUT2D eigenvalue weighted by atomic mass is 79.9. The summed E-state index contributed by atoms with van der Waals surface area (Å²) in [5.41, 5.74) is 0.479. The second kappa shape index (κ2) is 6.94. The molecular weight excluding hydrogens is 343 g/mol. The highest BCUT2D eigenvalue weighted by Gasteiger charge is 2.31. The van der Waals surface area contributed by atoms with Crippen LogP contribution in [0.15, 0.2) is 22.7 Å². The van der Waals surface area contributed by atoms with Gasteiger partial charge in [-0.2, -0.15) is 13.2 Å². The van der Waals surface area contributed by atoms with Crippen molar-refractivity contribution >= 4 is 21.9 Å². The Kier molecular flexibility index (Phi) is 5.82. The third kappa shape index (κ3) is 5.79. The fraction of sp³-hybridized carbons (Fsp3) is 0.417. The van der Waals surface area contributed by atoms with E-state index in [1.54, 1.807) is 18.2 Å². The number of benzene rings is 1. The minimum atomic E-state index is -4.46. The molecule has 1 rings (SSSR count). The van der Waals surface area contributed by atoms with Crippen LogP contribution in [0, 0.1) is 0 Å². The molecule has 0 aromatic heterocycles. The van der Waals surface area contributed by atoms with Gasteiger partial charge in [0.05, 0.1) is 20.2 Å². The molecule has 1 N–H and O–H groups in total. The number of carbonyl (C=O) groups is 1. The van der Waals surface area contributed by atoms with Gasteiger partial charge in [0.25, 0.3) is 0 Å². The molecule has 1 aromatic rings. The van der Waals surface area contributed by atoms with E-state index >= 15 is 0 Å². The molecule has 0 spiro atoms. The first-order chi connectivity index (χ1) is 9.21. The molecule has 0 bridgehead atoms. The summed E-state index contributed by atoms with van der Waals surface area (Å²) in [4.78, 5) is 11.5. The van der Waals surface area contributed by atoms with Crippen molar-refractivity contribution in [3.63, 3.8) is 0 Å². The predicted octanol–water partition coefficient (Wildman–Crippen LogP) is 2.91. The lowest BCUT2D eigenvalue weighted by atomic mass is 10.2. The van der Waals surface area contributed by atoms with E-state index < -0.39 is 25.2 Å². The van der Waals surface area contributed by atoms with Crippen LogP contribution in [-0.2, 0) is 11.3 Å². The van der Waals surface area contributed by atoms with Crippen LogP contribution >= 0.6 is 15.9 Å². The van der Waals surface area contributed by atoms with E-state index in [9.17, 15) is 18.0 Å². The van der Waals surface area contributed by atoms with E-state index in [0.717, 1.165) is 4.90 Å². The first-order valence-corrected chi connectivity index (χ1v) is 6.34. The minimum absolute atomic E-state index is 0.172. The standard InChI is InChI=1S/C12H13BrF3NO3/c1-20-10-3-2-9(13)4-8(10)5-17(6-11(18)19)7-12(14,15)16/h2-4H,5-7H2,1H3,(H,18,19). The molecule has 20 heavy (non-hydrogen) atoms. The molecule has 112 valence electrons. The minimum Gasteiger partial charge on any atom is -0.496 e. The predicted molar refractivity (Wildman–Crippen MR) is 69.7 cm³/mol. The molecule has 1 aromatic carbocycles. The monoisotopic (exact) mass is 355 g/mol. The van der Waals surface area contributed by atoms with E-state index in [-0.39, 0.29) is 6.54 Å². The average Bonchev–Trinajstić information content (AvgIpc) is 2.25. The average molecular weight is 356 g/mol. The van der Waals surface area contributed by atoms with Crippen molar-refractivity contribution in [3.8, 4) is 5.75 Å². The highest BCUT2D eigenvalue weighted by molar-refractivity contribution is 9.10.